The maximum absolute atomic E-state index is 7.44. The van der Waals surface area contributed by atoms with E-state index in [9.17, 15) is 0 Å². The van der Waals surface area contributed by atoms with Gasteiger partial charge in [0.25, 0.3) is 0 Å². The van der Waals surface area contributed by atoms with Gasteiger partial charge < -0.3 is 10.5 Å². The van der Waals surface area contributed by atoms with Crippen molar-refractivity contribution in [1.82, 2.24) is 5.32 Å². The van der Waals surface area contributed by atoms with Crippen LogP contribution in [0.3, 0.4) is 0 Å². The smallest absolute Gasteiger partial charge is 0.105 e. The standard InChI is InChI=1S/C22H40N2O/c23-22(20-14-8-3-9-15-20)21(25-17-16-24-22,18-10-4-1-5-11-18)19-12-6-2-7-13-19/h18-20,24H,1-17,23H2. The zero-order chi connectivity index (χ0) is 17.2. The highest BCUT2D eigenvalue weighted by Crippen LogP contribution is 2.53. The maximum atomic E-state index is 7.44. The molecule has 0 spiro atoms. The van der Waals surface area contributed by atoms with Crippen molar-refractivity contribution in [2.75, 3.05) is 13.2 Å². The summed E-state index contributed by atoms with van der Waals surface area (Å²) >= 11 is 0. The summed E-state index contributed by atoms with van der Waals surface area (Å²) in [5, 5.41) is 3.90. The molecule has 1 aliphatic heterocycles. The Morgan fingerprint density at radius 3 is 1.56 bits per heavy atom. The lowest BCUT2D eigenvalue weighted by Crippen LogP contribution is -2.81. The van der Waals surface area contributed by atoms with Crippen molar-refractivity contribution >= 4 is 0 Å². The van der Waals surface area contributed by atoms with Crippen LogP contribution < -0.4 is 11.1 Å². The third-order valence-electron chi connectivity index (χ3n) is 8.18. The van der Waals surface area contributed by atoms with Gasteiger partial charge in [-0.25, -0.2) is 0 Å². The van der Waals surface area contributed by atoms with Gasteiger partial charge in [-0.3, -0.25) is 5.32 Å². The number of hydrogen-bond acceptors (Lipinski definition) is 3. The summed E-state index contributed by atoms with van der Waals surface area (Å²) in [7, 11) is 0. The molecule has 3 saturated carbocycles. The highest BCUT2D eigenvalue weighted by atomic mass is 16.5. The van der Waals surface area contributed by atoms with E-state index in [1.807, 2.05) is 0 Å². The van der Waals surface area contributed by atoms with Gasteiger partial charge in [0, 0.05) is 6.54 Å². The molecule has 1 unspecified atom stereocenters. The lowest BCUT2D eigenvalue weighted by molar-refractivity contribution is -0.230. The molecule has 144 valence electrons. The Balaban J connectivity index is 1.71. The van der Waals surface area contributed by atoms with E-state index in [1.54, 1.807) is 0 Å². The van der Waals surface area contributed by atoms with Gasteiger partial charge in [-0.1, -0.05) is 57.8 Å². The van der Waals surface area contributed by atoms with Crippen LogP contribution >= 0.6 is 0 Å². The van der Waals surface area contributed by atoms with Crippen molar-refractivity contribution in [3.05, 3.63) is 0 Å². The minimum absolute atomic E-state index is 0.103. The number of hydrogen-bond donors (Lipinski definition) is 2. The molecule has 3 heteroatoms. The lowest BCUT2D eigenvalue weighted by atomic mass is 9.56. The molecule has 0 aromatic heterocycles. The first-order valence-corrected chi connectivity index (χ1v) is 11.5. The van der Waals surface area contributed by atoms with Crippen LogP contribution in [0.1, 0.15) is 96.3 Å². The Hall–Kier alpha value is -0.120. The van der Waals surface area contributed by atoms with Gasteiger partial charge >= 0.3 is 0 Å². The van der Waals surface area contributed by atoms with E-state index in [-0.39, 0.29) is 11.3 Å². The predicted molar refractivity (Wildman–Crippen MR) is 103 cm³/mol. The molecule has 3 N–H and O–H groups in total. The monoisotopic (exact) mass is 348 g/mol. The topological polar surface area (TPSA) is 47.3 Å². The van der Waals surface area contributed by atoms with Crippen LogP contribution in [0.4, 0.5) is 0 Å². The fourth-order valence-corrected chi connectivity index (χ4v) is 7.06. The molecular formula is C22H40N2O. The molecule has 0 bridgehead atoms. The molecule has 1 atom stereocenters. The zero-order valence-electron chi connectivity index (χ0n) is 16.2. The average Bonchev–Trinajstić information content (AvgIpc) is 2.70. The Morgan fingerprint density at radius 1 is 0.640 bits per heavy atom. The van der Waals surface area contributed by atoms with E-state index < -0.39 is 0 Å². The van der Waals surface area contributed by atoms with Crippen LogP contribution in [-0.4, -0.2) is 24.4 Å². The number of rotatable bonds is 3. The largest absolute Gasteiger partial charge is 0.370 e. The van der Waals surface area contributed by atoms with E-state index in [2.05, 4.69) is 5.32 Å². The molecule has 0 aromatic carbocycles. The summed E-state index contributed by atoms with van der Waals surface area (Å²) in [5.41, 5.74) is 7.04. The van der Waals surface area contributed by atoms with E-state index in [1.165, 1.54) is 96.3 Å². The van der Waals surface area contributed by atoms with Crippen LogP contribution in [0.5, 0.6) is 0 Å². The highest BCUT2D eigenvalue weighted by Gasteiger charge is 2.62. The van der Waals surface area contributed by atoms with E-state index in [0.29, 0.717) is 17.8 Å². The molecule has 0 aromatic rings. The molecule has 3 aliphatic carbocycles. The van der Waals surface area contributed by atoms with E-state index >= 15 is 0 Å². The molecule has 0 radical (unpaired) electrons. The second-order valence-electron chi connectivity index (χ2n) is 9.44. The quantitative estimate of drug-likeness (QED) is 0.774. The van der Waals surface area contributed by atoms with Gasteiger partial charge in [0.15, 0.2) is 0 Å². The van der Waals surface area contributed by atoms with Crippen LogP contribution in [0, 0.1) is 17.8 Å². The Labute approximate surface area is 154 Å². The Kier molecular flexibility index (Phi) is 5.74. The molecule has 4 aliphatic rings. The van der Waals surface area contributed by atoms with Crippen LogP contribution in [0.25, 0.3) is 0 Å². The number of nitrogens with two attached hydrogens (primary N) is 1. The van der Waals surface area contributed by atoms with Crippen molar-refractivity contribution < 1.29 is 4.74 Å². The number of morpholine rings is 1. The van der Waals surface area contributed by atoms with Crippen molar-refractivity contribution in [2.24, 2.45) is 23.5 Å². The van der Waals surface area contributed by atoms with Crippen molar-refractivity contribution in [3.8, 4) is 0 Å². The molecule has 1 saturated heterocycles. The average molecular weight is 349 g/mol. The molecule has 25 heavy (non-hydrogen) atoms. The van der Waals surface area contributed by atoms with Gasteiger partial charge in [-0.2, -0.15) is 0 Å². The van der Waals surface area contributed by atoms with Gasteiger partial charge in [-0.15, -0.1) is 0 Å². The molecule has 4 fully saturated rings. The normalized spacial score (nSPS) is 36.4. The third kappa shape index (κ3) is 3.19. The Morgan fingerprint density at radius 2 is 1.08 bits per heavy atom. The SMILES string of the molecule is NC1(C2CCCCC2)NCCOC1(C1CCCCC1)C1CCCCC1. The molecule has 4 rings (SSSR count). The van der Waals surface area contributed by atoms with Gasteiger partial charge in [0.05, 0.1) is 12.3 Å². The summed E-state index contributed by atoms with van der Waals surface area (Å²) < 4.78 is 6.93. The first-order chi connectivity index (χ1) is 12.3. The van der Waals surface area contributed by atoms with Gasteiger partial charge in [-0.05, 0) is 56.3 Å². The predicted octanol–water partition coefficient (Wildman–Crippen LogP) is 4.74. The maximum Gasteiger partial charge on any atom is 0.105 e. The Bertz CT molecular complexity index is 404. The second-order valence-corrected chi connectivity index (χ2v) is 9.44. The lowest BCUT2D eigenvalue weighted by Gasteiger charge is -2.63. The minimum atomic E-state index is -0.296. The zero-order valence-corrected chi connectivity index (χ0v) is 16.2. The number of nitrogens with one attached hydrogen (secondary N) is 1. The van der Waals surface area contributed by atoms with Crippen LogP contribution in [0.2, 0.25) is 0 Å². The molecular weight excluding hydrogens is 308 g/mol. The second kappa shape index (κ2) is 7.86. The molecule has 0 amide bonds. The summed E-state index contributed by atoms with van der Waals surface area (Å²) in [6, 6.07) is 0. The summed E-state index contributed by atoms with van der Waals surface area (Å²) in [4.78, 5) is 0. The molecule has 1 heterocycles. The first kappa shape index (κ1) is 18.3. The fourth-order valence-electron chi connectivity index (χ4n) is 7.06. The van der Waals surface area contributed by atoms with Crippen molar-refractivity contribution in [2.45, 2.75) is 108 Å². The summed E-state index contributed by atoms with van der Waals surface area (Å²) in [6.07, 6.45) is 20.4. The third-order valence-corrected chi connectivity index (χ3v) is 8.18. The van der Waals surface area contributed by atoms with Crippen LogP contribution in [-0.2, 0) is 4.74 Å². The van der Waals surface area contributed by atoms with Crippen molar-refractivity contribution in [3.63, 3.8) is 0 Å². The number of ether oxygens (including phenoxy) is 1. The van der Waals surface area contributed by atoms with Gasteiger partial charge in [0.2, 0.25) is 0 Å². The highest BCUT2D eigenvalue weighted by molar-refractivity contribution is 5.15. The summed E-state index contributed by atoms with van der Waals surface area (Å²) in [6.45, 7) is 1.80. The van der Waals surface area contributed by atoms with Crippen molar-refractivity contribution in [1.29, 1.82) is 0 Å². The van der Waals surface area contributed by atoms with E-state index in [0.717, 1.165) is 13.2 Å². The first-order valence-electron chi connectivity index (χ1n) is 11.5. The molecule has 3 nitrogen and oxygen atoms in total. The van der Waals surface area contributed by atoms with E-state index in [4.69, 9.17) is 10.5 Å². The minimum Gasteiger partial charge on any atom is -0.370 e. The fraction of sp³-hybridized carbons (Fsp3) is 1.00. The summed E-state index contributed by atoms with van der Waals surface area (Å²) in [5.74, 6) is 1.94. The van der Waals surface area contributed by atoms with Crippen LogP contribution in [0.15, 0.2) is 0 Å². The van der Waals surface area contributed by atoms with Gasteiger partial charge in [0.1, 0.15) is 5.60 Å².